The monoisotopic (exact) mass is 559 g/mol. The summed E-state index contributed by atoms with van der Waals surface area (Å²) in [6.45, 7) is 3.94. The molecular weight excluding hydrogens is 528 g/mol. The number of nitrogens with zero attached hydrogens (tertiary/aromatic N) is 2. The average molecular weight is 561 g/mol. The number of amides is 2. The number of rotatable bonds is 13. The Labute approximate surface area is 222 Å². The van der Waals surface area contributed by atoms with E-state index >= 15 is 0 Å². The summed E-state index contributed by atoms with van der Waals surface area (Å²) < 4.78 is 40.3. The minimum absolute atomic E-state index is 0.0325. The van der Waals surface area contributed by atoms with E-state index in [-0.39, 0.29) is 48.1 Å². The fourth-order valence-corrected chi connectivity index (χ4v) is 4.99. The maximum Gasteiger partial charge on any atom is 0.242 e. The van der Waals surface area contributed by atoms with Crippen LogP contribution in [0, 0.1) is 5.82 Å². The summed E-state index contributed by atoms with van der Waals surface area (Å²) in [7, 11) is -3.72. The number of anilines is 1. The molecule has 2 aromatic rings. The van der Waals surface area contributed by atoms with Gasteiger partial charge in [-0.15, -0.1) is 0 Å². The second kappa shape index (κ2) is 13.8. The number of nitrogens with one attached hydrogen (secondary N) is 1. The van der Waals surface area contributed by atoms with Crippen molar-refractivity contribution in [3.63, 3.8) is 0 Å². The van der Waals surface area contributed by atoms with Crippen LogP contribution in [0.4, 0.5) is 10.1 Å². The molecule has 0 aliphatic rings. The molecule has 0 fully saturated rings. The van der Waals surface area contributed by atoms with Crippen molar-refractivity contribution < 1.29 is 22.4 Å². The third kappa shape index (κ3) is 8.64. The molecule has 1 atom stereocenters. The third-order valence-corrected chi connectivity index (χ3v) is 7.36. The number of sulfonamides is 1. The summed E-state index contributed by atoms with van der Waals surface area (Å²) in [4.78, 5) is 27.2. The molecule has 0 saturated heterocycles. The van der Waals surface area contributed by atoms with E-state index in [0.29, 0.717) is 11.6 Å². The zero-order chi connectivity index (χ0) is 26.9. The topological polar surface area (TPSA) is 86.8 Å². The Kier molecular flexibility index (Phi) is 11.5. The molecule has 11 heteroatoms. The smallest absolute Gasteiger partial charge is 0.242 e. The molecule has 0 unspecified atom stereocenters. The minimum Gasteiger partial charge on any atom is -0.354 e. The molecule has 0 radical (unpaired) electrons. The Morgan fingerprint density at radius 3 is 2.44 bits per heavy atom. The Hall–Kier alpha value is -2.36. The molecule has 2 amide bonds. The van der Waals surface area contributed by atoms with Crippen LogP contribution in [-0.4, -0.2) is 50.5 Å². The summed E-state index contributed by atoms with van der Waals surface area (Å²) in [5.74, 6) is -1.22. The van der Waals surface area contributed by atoms with Gasteiger partial charge in [0.1, 0.15) is 11.9 Å². The van der Waals surface area contributed by atoms with Gasteiger partial charge in [-0.2, -0.15) is 0 Å². The van der Waals surface area contributed by atoms with Gasteiger partial charge in [0, 0.05) is 36.6 Å². The molecule has 0 saturated carbocycles. The normalized spacial score (nSPS) is 12.2. The number of carbonyl (C=O) groups excluding carboxylic acids is 2. The lowest BCUT2D eigenvalue weighted by Crippen LogP contribution is -2.48. The van der Waals surface area contributed by atoms with Crippen molar-refractivity contribution in [3.8, 4) is 0 Å². The number of carbonyl (C=O) groups is 2. The van der Waals surface area contributed by atoms with Crippen molar-refractivity contribution in [2.75, 3.05) is 23.7 Å². The molecule has 7 nitrogen and oxygen atoms in total. The van der Waals surface area contributed by atoms with Gasteiger partial charge in [0.15, 0.2) is 0 Å². The highest BCUT2D eigenvalue weighted by Crippen LogP contribution is 2.31. The van der Waals surface area contributed by atoms with E-state index < -0.39 is 27.8 Å². The van der Waals surface area contributed by atoms with Gasteiger partial charge in [-0.3, -0.25) is 13.9 Å². The molecule has 1 N–H and O–H groups in total. The highest BCUT2D eigenvalue weighted by atomic mass is 35.5. The Bertz CT molecular complexity index is 1160. The predicted molar refractivity (Wildman–Crippen MR) is 142 cm³/mol. The molecule has 0 heterocycles. The maximum atomic E-state index is 14.3. The first-order valence-electron chi connectivity index (χ1n) is 11.7. The molecule has 0 aliphatic heterocycles. The molecule has 0 aliphatic carbocycles. The van der Waals surface area contributed by atoms with E-state index in [1.54, 1.807) is 31.2 Å². The van der Waals surface area contributed by atoms with Gasteiger partial charge in [0.2, 0.25) is 21.8 Å². The van der Waals surface area contributed by atoms with E-state index in [0.717, 1.165) is 23.4 Å². The largest absolute Gasteiger partial charge is 0.354 e. The average Bonchev–Trinajstić information content (AvgIpc) is 2.81. The molecule has 0 bridgehead atoms. The van der Waals surface area contributed by atoms with Crippen molar-refractivity contribution in [3.05, 3.63) is 63.9 Å². The number of benzene rings is 2. The van der Waals surface area contributed by atoms with Crippen LogP contribution in [0.5, 0.6) is 0 Å². The van der Waals surface area contributed by atoms with Crippen molar-refractivity contribution in [1.29, 1.82) is 0 Å². The summed E-state index contributed by atoms with van der Waals surface area (Å²) in [5, 5.41) is 3.33. The quantitative estimate of drug-likeness (QED) is 0.349. The predicted octanol–water partition coefficient (Wildman–Crippen LogP) is 5.01. The van der Waals surface area contributed by atoms with Gasteiger partial charge < -0.3 is 10.2 Å². The number of hydrogen-bond donors (Lipinski definition) is 1. The van der Waals surface area contributed by atoms with E-state index in [9.17, 15) is 22.4 Å². The summed E-state index contributed by atoms with van der Waals surface area (Å²) >= 11 is 12.2. The maximum absolute atomic E-state index is 14.3. The molecular formula is C25H32Cl2FN3O4S. The summed E-state index contributed by atoms with van der Waals surface area (Å²) in [5.41, 5.74) is 0.494. The molecule has 0 spiro atoms. The van der Waals surface area contributed by atoms with Crippen molar-refractivity contribution in [2.24, 2.45) is 0 Å². The van der Waals surface area contributed by atoms with E-state index in [4.69, 9.17) is 23.2 Å². The fourth-order valence-electron chi connectivity index (χ4n) is 3.59. The summed E-state index contributed by atoms with van der Waals surface area (Å²) in [6.07, 6.45) is 2.82. The molecule has 0 aromatic heterocycles. The number of halogens is 3. The van der Waals surface area contributed by atoms with Crippen LogP contribution in [0.1, 0.15) is 45.1 Å². The second-order valence-corrected chi connectivity index (χ2v) is 11.2. The van der Waals surface area contributed by atoms with Gasteiger partial charge >= 0.3 is 0 Å². The van der Waals surface area contributed by atoms with E-state index in [2.05, 4.69) is 5.32 Å². The van der Waals surface area contributed by atoms with Crippen LogP contribution in [0.3, 0.4) is 0 Å². The lowest BCUT2D eigenvalue weighted by molar-refractivity contribution is -0.140. The molecule has 36 heavy (non-hydrogen) atoms. The first-order chi connectivity index (χ1) is 17.0. The molecule has 2 aromatic carbocycles. The van der Waals surface area contributed by atoms with Gasteiger partial charge in [0.25, 0.3) is 0 Å². The lowest BCUT2D eigenvalue weighted by atomic mass is 10.1. The van der Waals surface area contributed by atoms with Gasteiger partial charge in [0.05, 0.1) is 17.0 Å². The lowest BCUT2D eigenvalue weighted by Gasteiger charge is -2.29. The van der Waals surface area contributed by atoms with E-state index in [1.807, 2.05) is 6.92 Å². The van der Waals surface area contributed by atoms with Crippen molar-refractivity contribution >= 4 is 50.7 Å². The first-order valence-corrected chi connectivity index (χ1v) is 14.3. The highest BCUT2D eigenvalue weighted by molar-refractivity contribution is 7.92. The Morgan fingerprint density at radius 1 is 1.11 bits per heavy atom. The van der Waals surface area contributed by atoms with Crippen LogP contribution in [0.2, 0.25) is 10.0 Å². The van der Waals surface area contributed by atoms with Gasteiger partial charge in [-0.25, -0.2) is 12.8 Å². The first kappa shape index (κ1) is 29.9. The van der Waals surface area contributed by atoms with Crippen molar-refractivity contribution in [2.45, 2.75) is 52.1 Å². The molecule has 198 valence electrons. The van der Waals surface area contributed by atoms with Crippen LogP contribution in [0.15, 0.2) is 42.5 Å². The number of unbranched alkanes of at least 4 members (excludes halogenated alkanes) is 1. The second-order valence-electron chi connectivity index (χ2n) is 8.47. The van der Waals surface area contributed by atoms with Crippen LogP contribution < -0.4 is 9.62 Å². The van der Waals surface area contributed by atoms with Gasteiger partial charge in [-0.05, 0) is 44.0 Å². The standard InChI is InChI=1S/C25H32Cl2FN3O4S/c1-4-5-14-29-25(33)18(2)30(17-19-9-6-7-10-22(19)28)24(32)11-8-15-31(36(3,34)35)23-16-20(26)12-13-21(23)27/h6-7,9-10,12-13,16,18H,4-5,8,11,14-15,17H2,1-3H3,(H,29,33)/t18-/m1/s1. The van der Waals surface area contributed by atoms with Crippen LogP contribution in [-0.2, 0) is 26.2 Å². The Morgan fingerprint density at radius 2 is 1.81 bits per heavy atom. The van der Waals surface area contributed by atoms with Crippen LogP contribution >= 0.6 is 23.2 Å². The molecule has 2 rings (SSSR count). The third-order valence-electron chi connectivity index (χ3n) is 5.62. The number of hydrogen-bond acceptors (Lipinski definition) is 4. The zero-order valence-electron chi connectivity index (χ0n) is 20.6. The van der Waals surface area contributed by atoms with Crippen LogP contribution in [0.25, 0.3) is 0 Å². The van der Waals surface area contributed by atoms with Crippen molar-refractivity contribution in [1.82, 2.24) is 10.2 Å². The SMILES string of the molecule is CCCCNC(=O)[C@@H](C)N(Cc1ccccc1F)C(=O)CCCN(c1cc(Cl)ccc1Cl)S(C)(=O)=O. The van der Waals surface area contributed by atoms with E-state index in [1.165, 1.54) is 23.1 Å². The Balaban J connectivity index is 2.19. The summed E-state index contributed by atoms with van der Waals surface area (Å²) in [6, 6.07) is 9.70. The fraction of sp³-hybridized carbons (Fsp3) is 0.440. The minimum atomic E-state index is -3.72. The van der Waals surface area contributed by atoms with Gasteiger partial charge in [-0.1, -0.05) is 54.7 Å². The highest BCUT2D eigenvalue weighted by Gasteiger charge is 2.27. The zero-order valence-corrected chi connectivity index (χ0v) is 23.0.